The van der Waals surface area contributed by atoms with E-state index in [0.717, 1.165) is 21.9 Å². The van der Waals surface area contributed by atoms with Gasteiger partial charge in [-0.2, -0.15) is 0 Å². The smallest absolute Gasteiger partial charge is 0.240 e. The number of hydrogen-bond acceptors (Lipinski definition) is 4. The molecule has 2 N–H and O–H groups in total. The van der Waals surface area contributed by atoms with Gasteiger partial charge in [-0.3, -0.25) is 0 Å². The quantitative estimate of drug-likeness (QED) is 0.459. The molecule has 0 aliphatic rings. The first-order valence-corrected chi connectivity index (χ1v) is 11.4. The van der Waals surface area contributed by atoms with Crippen molar-refractivity contribution in [3.63, 3.8) is 0 Å². The van der Waals surface area contributed by atoms with Crippen LogP contribution in [0, 0.1) is 6.92 Å². The van der Waals surface area contributed by atoms with E-state index in [-0.39, 0.29) is 17.2 Å². The molecule has 0 saturated carbocycles. The first kappa shape index (κ1) is 22.6. The summed E-state index contributed by atoms with van der Waals surface area (Å²) >= 11 is 0. The Bertz CT molecular complexity index is 1210. The second-order valence-corrected chi connectivity index (χ2v) is 9.28. The molecule has 0 amide bonds. The van der Waals surface area contributed by atoms with Gasteiger partial charge in [-0.25, -0.2) is 13.1 Å². The van der Waals surface area contributed by atoms with Crippen molar-refractivity contribution in [1.82, 2.24) is 4.72 Å². The van der Waals surface area contributed by atoms with E-state index >= 15 is 0 Å². The number of rotatable bonds is 9. The molecule has 31 heavy (non-hydrogen) atoms. The summed E-state index contributed by atoms with van der Waals surface area (Å²) in [4.78, 5) is 0.195. The van der Waals surface area contributed by atoms with Crippen molar-refractivity contribution < 1.29 is 18.3 Å². The lowest BCUT2D eigenvalue weighted by Crippen LogP contribution is -2.29. The van der Waals surface area contributed by atoms with Crippen molar-refractivity contribution in [1.29, 1.82) is 0 Å². The van der Waals surface area contributed by atoms with Gasteiger partial charge in [-0.15, -0.1) is 0 Å². The summed E-state index contributed by atoms with van der Waals surface area (Å²) in [6.07, 6.45) is 1.66. The topological polar surface area (TPSA) is 75.6 Å². The zero-order valence-electron chi connectivity index (χ0n) is 17.8. The summed E-state index contributed by atoms with van der Waals surface area (Å²) in [6.45, 7) is 11.9. The highest BCUT2D eigenvalue weighted by Gasteiger charge is 2.23. The van der Waals surface area contributed by atoms with Crippen LogP contribution in [0.25, 0.3) is 10.8 Å². The second kappa shape index (κ2) is 9.37. The van der Waals surface area contributed by atoms with Crippen molar-refractivity contribution >= 4 is 20.8 Å². The molecule has 3 rings (SSSR count). The van der Waals surface area contributed by atoms with E-state index in [2.05, 4.69) is 17.9 Å². The summed E-state index contributed by atoms with van der Waals surface area (Å²) in [5, 5.41) is 12.3. The molecule has 0 aromatic heterocycles. The molecule has 0 spiro atoms. The lowest BCUT2D eigenvalue weighted by Gasteiger charge is -2.22. The van der Waals surface area contributed by atoms with E-state index in [1.165, 1.54) is 0 Å². The highest BCUT2D eigenvalue weighted by molar-refractivity contribution is 7.89. The minimum Gasteiger partial charge on any atom is -0.508 e. The Hall–Kier alpha value is -3.09. The number of sulfonamides is 1. The molecule has 0 fully saturated rings. The van der Waals surface area contributed by atoms with E-state index < -0.39 is 15.9 Å². The van der Waals surface area contributed by atoms with Gasteiger partial charge in [0.1, 0.15) is 18.1 Å². The maximum Gasteiger partial charge on any atom is 0.240 e. The van der Waals surface area contributed by atoms with Crippen molar-refractivity contribution in [2.24, 2.45) is 0 Å². The lowest BCUT2D eigenvalue weighted by atomic mass is 9.88. The molecule has 0 saturated heterocycles. The lowest BCUT2D eigenvalue weighted by molar-refractivity contribution is 0.367. The van der Waals surface area contributed by atoms with Crippen molar-refractivity contribution in [3.8, 4) is 11.5 Å². The van der Waals surface area contributed by atoms with Gasteiger partial charge in [0.05, 0.1) is 4.90 Å². The van der Waals surface area contributed by atoms with Crippen LogP contribution in [-0.4, -0.2) is 26.7 Å². The first-order valence-electron chi connectivity index (χ1n) is 9.94. The molecule has 0 heterocycles. The van der Waals surface area contributed by atoms with Gasteiger partial charge in [0.15, 0.2) is 0 Å². The van der Waals surface area contributed by atoms with E-state index in [0.29, 0.717) is 17.9 Å². The number of benzene rings is 3. The molecule has 3 aromatic carbocycles. The van der Waals surface area contributed by atoms with Crippen LogP contribution >= 0.6 is 0 Å². The molecule has 6 heteroatoms. The third-order valence-electron chi connectivity index (χ3n) is 5.15. The number of hydrogen-bond donors (Lipinski definition) is 2. The minimum absolute atomic E-state index is 0.0654. The average molecular weight is 438 g/mol. The summed E-state index contributed by atoms with van der Waals surface area (Å²) in [5.41, 5.74) is 2.32. The predicted octanol–water partition coefficient (Wildman–Crippen LogP) is 5.06. The minimum atomic E-state index is -3.71. The maximum atomic E-state index is 12.8. The van der Waals surface area contributed by atoms with Gasteiger partial charge in [0.25, 0.3) is 0 Å². The Kier molecular flexibility index (Phi) is 6.83. The van der Waals surface area contributed by atoms with Gasteiger partial charge >= 0.3 is 0 Å². The van der Waals surface area contributed by atoms with E-state index in [9.17, 15) is 13.5 Å². The highest BCUT2D eigenvalue weighted by atomic mass is 32.2. The van der Waals surface area contributed by atoms with Crippen molar-refractivity contribution in [2.45, 2.75) is 24.7 Å². The van der Waals surface area contributed by atoms with Crippen LogP contribution in [0.2, 0.25) is 0 Å². The van der Waals surface area contributed by atoms with Crippen LogP contribution in [-0.2, 0) is 10.0 Å². The van der Waals surface area contributed by atoms with Crippen LogP contribution in [0.5, 0.6) is 11.5 Å². The first-order chi connectivity index (χ1) is 14.7. The third kappa shape index (κ3) is 4.98. The molecule has 0 radical (unpaired) electrons. The fourth-order valence-corrected chi connectivity index (χ4v) is 4.55. The summed E-state index contributed by atoms with van der Waals surface area (Å²) in [7, 11) is -3.71. The molecule has 3 aromatic rings. The Morgan fingerprint density at radius 3 is 2.48 bits per heavy atom. The Labute approximate surface area is 183 Å². The van der Waals surface area contributed by atoms with Gasteiger partial charge < -0.3 is 9.84 Å². The van der Waals surface area contributed by atoms with E-state index in [4.69, 9.17) is 4.74 Å². The number of ether oxygens (including phenoxy) is 1. The zero-order valence-corrected chi connectivity index (χ0v) is 18.6. The predicted molar refractivity (Wildman–Crippen MR) is 125 cm³/mol. The van der Waals surface area contributed by atoms with Crippen LogP contribution < -0.4 is 9.46 Å². The fourth-order valence-electron chi connectivity index (χ4n) is 3.50. The SMILES string of the molecule is C=CCOc1cccc2c([C@H](CNS(=O)(=O)c3ccc(C)cc3)C(=C)C)c(O)ccc12. The monoisotopic (exact) mass is 437 g/mol. The molecule has 162 valence electrons. The number of phenolic OH excluding ortho intramolecular Hbond substituents is 1. The second-order valence-electron chi connectivity index (χ2n) is 7.51. The molecule has 0 unspecified atom stereocenters. The van der Waals surface area contributed by atoms with E-state index in [1.807, 2.05) is 32.0 Å². The molecular weight excluding hydrogens is 410 g/mol. The summed E-state index contributed by atoms with van der Waals surface area (Å²) < 4.78 is 34.0. The standard InChI is InChI=1S/C25H27NO4S/c1-5-15-30-24-8-6-7-21-20(24)13-14-23(27)25(21)22(17(2)3)16-26-31(28,29)19-11-9-18(4)10-12-19/h5-14,22,26-27H,1-2,15-16H2,3-4H3/t22-/m1/s1. The Morgan fingerprint density at radius 1 is 1.13 bits per heavy atom. The summed E-state index contributed by atoms with van der Waals surface area (Å²) in [5.74, 6) is 0.314. The molecule has 0 bridgehead atoms. The average Bonchev–Trinajstić information content (AvgIpc) is 2.73. The molecular formula is C25H27NO4S. The summed E-state index contributed by atoms with van der Waals surface area (Å²) in [6, 6.07) is 15.6. The van der Waals surface area contributed by atoms with Gasteiger partial charge in [-0.1, -0.05) is 54.6 Å². The molecule has 0 aliphatic heterocycles. The highest BCUT2D eigenvalue weighted by Crippen LogP contribution is 2.39. The molecule has 1 atom stereocenters. The number of aryl methyl sites for hydroxylation is 1. The van der Waals surface area contributed by atoms with Gasteiger partial charge in [0.2, 0.25) is 10.0 Å². The number of phenols is 1. The molecule has 0 aliphatic carbocycles. The fraction of sp³-hybridized carbons (Fsp3) is 0.200. The zero-order chi connectivity index (χ0) is 22.6. The third-order valence-corrected chi connectivity index (χ3v) is 6.59. The van der Waals surface area contributed by atoms with E-state index in [1.54, 1.807) is 42.5 Å². The number of aromatic hydroxyl groups is 1. The van der Waals surface area contributed by atoms with Crippen molar-refractivity contribution in [2.75, 3.05) is 13.2 Å². The van der Waals surface area contributed by atoms with Crippen molar-refractivity contribution in [3.05, 3.63) is 90.5 Å². The molecule has 5 nitrogen and oxygen atoms in total. The van der Waals surface area contributed by atoms with Gasteiger partial charge in [0, 0.05) is 23.4 Å². The van der Waals surface area contributed by atoms with Crippen LogP contribution in [0.15, 0.2) is 84.3 Å². The number of fused-ring (bicyclic) bond motifs is 1. The van der Waals surface area contributed by atoms with Crippen LogP contribution in [0.4, 0.5) is 0 Å². The van der Waals surface area contributed by atoms with Gasteiger partial charge in [-0.05, 0) is 49.6 Å². The van der Waals surface area contributed by atoms with Crippen LogP contribution in [0.3, 0.4) is 0 Å². The number of nitrogens with one attached hydrogen (secondary N) is 1. The normalized spacial score (nSPS) is 12.5. The maximum absolute atomic E-state index is 12.8. The van der Waals surface area contributed by atoms with Crippen LogP contribution in [0.1, 0.15) is 24.0 Å². The Balaban J connectivity index is 1.99. The largest absolute Gasteiger partial charge is 0.508 e. The Morgan fingerprint density at radius 2 is 1.84 bits per heavy atom.